The van der Waals surface area contributed by atoms with E-state index in [2.05, 4.69) is 4.98 Å². The van der Waals surface area contributed by atoms with E-state index in [-0.39, 0.29) is 5.91 Å². The van der Waals surface area contributed by atoms with Gasteiger partial charge in [-0.3, -0.25) is 4.79 Å². The Morgan fingerprint density at radius 1 is 1.00 bits per heavy atom. The molecule has 4 nitrogen and oxygen atoms in total. The molecule has 4 heteroatoms. The van der Waals surface area contributed by atoms with Crippen LogP contribution >= 0.6 is 0 Å². The number of oxazole rings is 1. The Morgan fingerprint density at radius 3 is 2.50 bits per heavy atom. The predicted molar refractivity (Wildman–Crippen MR) is 93.6 cm³/mol. The summed E-state index contributed by atoms with van der Waals surface area (Å²) in [6, 6.07) is 15.7. The fourth-order valence-corrected chi connectivity index (χ4v) is 3.19. The van der Waals surface area contributed by atoms with Crippen molar-refractivity contribution in [3.63, 3.8) is 0 Å². The van der Waals surface area contributed by atoms with Crippen molar-refractivity contribution in [3.8, 4) is 11.5 Å². The lowest BCUT2D eigenvalue weighted by Gasteiger charge is -2.26. The van der Waals surface area contributed by atoms with E-state index >= 15 is 0 Å². The average molecular weight is 320 g/mol. The second kappa shape index (κ2) is 6.48. The second-order valence-corrected chi connectivity index (χ2v) is 6.30. The van der Waals surface area contributed by atoms with Gasteiger partial charge >= 0.3 is 0 Å². The van der Waals surface area contributed by atoms with Crippen LogP contribution < -0.4 is 0 Å². The number of amides is 1. The Labute approximate surface area is 141 Å². The second-order valence-electron chi connectivity index (χ2n) is 6.30. The SMILES string of the molecule is O=C(Cc1ccc(-c2nc3ccccc3o2)cc1)N1CCCCC1. The van der Waals surface area contributed by atoms with E-state index in [4.69, 9.17) is 4.42 Å². The number of rotatable bonds is 3. The maximum absolute atomic E-state index is 12.3. The van der Waals surface area contributed by atoms with Gasteiger partial charge in [0.25, 0.3) is 0 Å². The molecule has 4 rings (SSSR count). The van der Waals surface area contributed by atoms with Crippen molar-refractivity contribution in [2.45, 2.75) is 25.7 Å². The smallest absolute Gasteiger partial charge is 0.227 e. The summed E-state index contributed by atoms with van der Waals surface area (Å²) in [5.74, 6) is 0.842. The molecule has 3 aromatic rings. The first-order valence-electron chi connectivity index (χ1n) is 8.52. The number of carbonyl (C=O) groups is 1. The van der Waals surface area contributed by atoms with E-state index in [1.54, 1.807) is 0 Å². The maximum Gasteiger partial charge on any atom is 0.227 e. The lowest BCUT2D eigenvalue weighted by atomic mass is 10.1. The van der Waals surface area contributed by atoms with Gasteiger partial charge in [0, 0.05) is 18.7 Å². The van der Waals surface area contributed by atoms with Crippen molar-refractivity contribution in [3.05, 3.63) is 54.1 Å². The van der Waals surface area contributed by atoms with E-state index in [0.717, 1.165) is 48.2 Å². The Bertz CT molecular complexity index is 812. The molecule has 1 aromatic heterocycles. The summed E-state index contributed by atoms with van der Waals surface area (Å²) in [4.78, 5) is 18.8. The third kappa shape index (κ3) is 3.04. The van der Waals surface area contributed by atoms with E-state index in [1.165, 1.54) is 6.42 Å². The molecular formula is C20H20N2O2. The number of nitrogens with zero attached hydrogens (tertiary/aromatic N) is 2. The summed E-state index contributed by atoms with van der Waals surface area (Å²) in [7, 11) is 0. The first-order valence-corrected chi connectivity index (χ1v) is 8.52. The highest BCUT2D eigenvalue weighted by Crippen LogP contribution is 2.24. The van der Waals surface area contributed by atoms with Gasteiger partial charge < -0.3 is 9.32 Å². The van der Waals surface area contributed by atoms with Crippen molar-refractivity contribution >= 4 is 17.0 Å². The number of carbonyl (C=O) groups excluding carboxylic acids is 1. The van der Waals surface area contributed by atoms with Crippen molar-refractivity contribution in [1.82, 2.24) is 9.88 Å². The average Bonchev–Trinajstić information content (AvgIpc) is 3.07. The van der Waals surface area contributed by atoms with Crippen molar-refractivity contribution < 1.29 is 9.21 Å². The van der Waals surface area contributed by atoms with Crippen LogP contribution in [0.4, 0.5) is 0 Å². The molecule has 0 spiro atoms. The summed E-state index contributed by atoms with van der Waals surface area (Å²) >= 11 is 0. The summed E-state index contributed by atoms with van der Waals surface area (Å²) in [6.07, 6.45) is 3.96. The molecule has 2 heterocycles. The van der Waals surface area contributed by atoms with Crippen molar-refractivity contribution in [2.75, 3.05) is 13.1 Å². The van der Waals surface area contributed by atoms with Crippen LogP contribution in [0.25, 0.3) is 22.6 Å². The quantitative estimate of drug-likeness (QED) is 0.731. The topological polar surface area (TPSA) is 46.3 Å². The number of piperidine rings is 1. The molecule has 1 saturated heterocycles. The standard InChI is InChI=1S/C20H20N2O2/c23-19(22-12-4-1-5-13-22)14-15-8-10-16(11-9-15)20-21-17-6-2-3-7-18(17)24-20/h2-3,6-11H,1,4-5,12-14H2. The maximum atomic E-state index is 12.3. The highest BCUT2D eigenvalue weighted by Gasteiger charge is 2.16. The Balaban J connectivity index is 1.48. The Morgan fingerprint density at radius 2 is 1.75 bits per heavy atom. The molecule has 0 unspecified atom stereocenters. The zero-order chi connectivity index (χ0) is 16.4. The first kappa shape index (κ1) is 14.9. The highest BCUT2D eigenvalue weighted by molar-refractivity contribution is 5.79. The zero-order valence-electron chi connectivity index (χ0n) is 13.6. The van der Waals surface area contributed by atoms with Crippen LogP contribution in [0.1, 0.15) is 24.8 Å². The van der Waals surface area contributed by atoms with Crippen molar-refractivity contribution in [2.24, 2.45) is 0 Å². The summed E-state index contributed by atoms with van der Waals surface area (Å²) in [5.41, 5.74) is 3.61. The molecule has 0 aliphatic carbocycles. The monoisotopic (exact) mass is 320 g/mol. The lowest BCUT2D eigenvalue weighted by Crippen LogP contribution is -2.36. The summed E-state index contributed by atoms with van der Waals surface area (Å²) < 4.78 is 5.78. The van der Waals surface area contributed by atoms with Gasteiger partial charge in [-0.15, -0.1) is 0 Å². The Hall–Kier alpha value is -2.62. The minimum absolute atomic E-state index is 0.226. The third-order valence-electron chi connectivity index (χ3n) is 4.56. The predicted octanol–water partition coefficient (Wildman–Crippen LogP) is 4.05. The number of hydrogen-bond donors (Lipinski definition) is 0. The van der Waals surface area contributed by atoms with E-state index < -0.39 is 0 Å². The van der Waals surface area contributed by atoms with Crippen LogP contribution in [0, 0.1) is 0 Å². The molecule has 0 bridgehead atoms. The van der Waals surface area contributed by atoms with E-state index in [0.29, 0.717) is 12.3 Å². The molecule has 0 atom stereocenters. The van der Waals surface area contributed by atoms with Gasteiger partial charge in [-0.05, 0) is 49.1 Å². The van der Waals surface area contributed by atoms with Crippen LogP contribution in [-0.2, 0) is 11.2 Å². The molecule has 122 valence electrons. The van der Waals surface area contributed by atoms with Gasteiger partial charge in [-0.25, -0.2) is 4.98 Å². The number of para-hydroxylation sites is 2. The minimum atomic E-state index is 0.226. The van der Waals surface area contributed by atoms with Gasteiger partial charge in [0.05, 0.1) is 6.42 Å². The minimum Gasteiger partial charge on any atom is -0.436 e. The van der Waals surface area contributed by atoms with Crippen LogP contribution in [0.15, 0.2) is 52.9 Å². The van der Waals surface area contributed by atoms with Crippen LogP contribution in [0.3, 0.4) is 0 Å². The van der Waals surface area contributed by atoms with Crippen LogP contribution in [-0.4, -0.2) is 28.9 Å². The fourth-order valence-electron chi connectivity index (χ4n) is 3.19. The third-order valence-corrected chi connectivity index (χ3v) is 4.56. The van der Waals surface area contributed by atoms with Gasteiger partial charge in [0.15, 0.2) is 5.58 Å². The lowest BCUT2D eigenvalue weighted by molar-refractivity contribution is -0.131. The van der Waals surface area contributed by atoms with Gasteiger partial charge in [-0.2, -0.15) is 0 Å². The van der Waals surface area contributed by atoms with Gasteiger partial charge in [0.2, 0.25) is 11.8 Å². The molecule has 2 aromatic carbocycles. The normalized spacial score (nSPS) is 14.9. The number of hydrogen-bond acceptors (Lipinski definition) is 3. The summed E-state index contributed by atoms with van der Waals surface area (Å²) in [5, 5.41) is 0. The number of aromatic nitrogens is 1. The van der Waals surface area contributed by atoms with Gasteiger partial charge in [0.1, 0.15) is 5.52 Å². The van der Waals surface area contributed by atoms with Crippen LogP contribution in [0.5, 0.6) is 0 Å². The number of fused-ring (bicyclic) bond motifs is 1. The van der Waals surface area contributed by atoms with E-state index in [1.807, 2.05) is 53.4 Å². The van der Waals surface area contributed by atoms with Crippen LogP contribution in [0.2, 0.25) is 0 Å². The molecule has 1 fully saturated rings. The summed E-state index contributed by atoms with van der Waals surface area (Å²) in [6.45, 7) is 1.81. The molecule has 0 radical (unpaired) electrons. The highest BCUT2D eigenvalue weighted by atomic mass is 16.3. The molecule has 0 saturated carbocycles. The molecule has 0 N–H and O–H groups in total. The fraction of sp³-hybridized carbons (Fsp3) is 0.300. The molecule has 1 aliphatic heterocycles. The molecular weight excluding hydrogens is 300 g/mol. The van der Waals surface area contributed by atoms with Gasteiger partial charge in [-0.1, -0.05) is 24.3 Å². The van der Waals surface area contributed by atoms with Crippen molar-refractivity contribution in [1.29, 1.82) is 0 Å². The molecule has 1 amide bonds. The number of benzene rings is 2. The molecule has 1 aliphatic rings. The first-order chi connectivity index (χ1) is 11.8. The van der Waals surface area contributed by atoms with E-state index in [9.17, 15) is 4.79 Å². The zero-order valence-corrected chi connectivity index (χ0v) is 13.6. The number of likely N-dealkylation sites (tertiary alicyclic amines) is 1. The largest absolute Gasteiger partial charge is 0.436 e. The molecule has 24 heavy (non-hydrogen) atoms. The Kier molecular flexibility index (Phi) is 4.03.